The molecule has 2 bridgehead atoms. The van der Waals surface area contributed by atoms with Gasteiger partial charge in [0.1, 0.15) is 6.10 Å². The second-order valence-corrected chi connectivity index (χ2v) is 6.49. The summed E-state index contributed by atoms with van der Waals surface area (Å²) in [5.74, 6) is 1.32. The Morgan fingerprint density at radius 2 is 1.59 bits per heavy atom. The van der Waals surface area contributed by atoms with Crippen LogP contribution in [-0.2, 0) is 9.53 Å². The van der Waals surface area contributed by atoms with Crippen molar-refractivity contribution < 1.29 is 9.53 Å². The van der Waals surface area contributed by atoms with Crippen LogP contribution in [0.25, 0.3) is 0 Å². The molecule has 0 spiro atoms. The summed E-state index contributed by atoms with van der Waals surface area (Å²) in [7, 11) is 0. The van der Waals surface area contributed by atoms with Gasteiger partial charge in [-0.1, -0.05) is 19.8 Å². The van der Waals surface area contributed by atoms with Gasteiger partial charge in [-0.15, -0.1) is 0 Å². The van der Waals surface area contributed by atoms with Crippen molar-refractivity contribution in [3.63, 3.8) is 0 Å². The van der Waals surface area contributed by atoms with Gasteiger partial charge in [-0.25, -0.2) is 0 Å². The van der Waals surface area contributed by atoms with Crippen molar-refractivity contribution in [3.8, 4) is 0 Å². The Labute approximate surface area is 105 Å². The Hall–Kier alpha value is -0.530. The fraction of sp³-hybridized carbons (Fsp3) is 0.933. The molecule has 98 valence electrons. The van der Waals surface area contributed by atoms with E-state index in [-0.39, 0.29) is 17.5 Å². The summed E-state index contributed by atoms with van der Waals surface area (Å²) in [5.41, 5.74) is -0.314. The third-order valence-electron chi connectivity index (χ3n) is 4.91. The van der Waals surface area contributed by atoms with E-state index in [0.29, 0.717) is 11.8 Å². The van der Waals surface area contributed by atoms with Gasteiger partial charge in [0.25, 0.3) is 0 Å². The molecule has 0 amide bonds. The number of hydrogen-bond acceptors (Lipinski definition) is 2. The van der Waals surface area contributed by atoms with Crippen molar-refractivity contribution in [1.29, 1.82) is 0 Å². The summed E-state index contributed by atoms with van der Waals surface area (Å²) < 4.78 is 5.88. The zero-order chi connectivity index (χ0) is 12.5. The van der Waals surface area contributed by atoms with Crippen molar-refractivity contribution in [3.05, 3.63) is 0 Å². The molecule has 17 heavy (non-hydrogen) atoms. The summed E-state index contributed by atoms with van der Waals surface area (Å²) in [6.07, 6.45) is 8.81. The molecule has 0 aromatic carbocycles. The lowest BCUT2D eigenvalue weighted by atomic mass is 9.70. The quantitative estimate of drug-likeness (QED) is 0.696. The highest BCUT2D eigenvalue weighted by atomic mass is 16.5. The maximum absolute atomic E-state index is 12.2. The second kappa shape index (κ2) is 4.99. The van der Waals surface area contributed by atoms with Gasteiger partial charge < -0.3 is 4.74 Å². The van der Waals surface area contributed by atoms with Crippen molar-refractivity contribution in [2.45, 2.75) is 71.8 Å². The lowest BCUT2D eigenvalue weighted by Crippen LogP contribution is -2.42. The molecule has 0 radical (unpaired) electrons. The van der Waals surface area contributed by atoms with Gasteiger partial charge in [0.15, 0.2) is 0 Å². The van der Waals surface area contributed by atoms with E-state index in [0.717, 1.165) is 6.42 Å². The summed E-state index contributed by atoms with van der Waals surface area (Å²) in [5, 5.41) is 0. The third kappa shape index (κ3) is 2.66. The van der Waals surface area contributed by atoms with Crippen LogP contribution in [0.15, 0.2) is 0 Å². The summed E-state index contributed by atoms with van der Waals surface area (Å²) in [6, 6.07) is 0. The number of rotatable bonds is 3. The van der Waals surface area contributed by atoms with Gasteiger partial charge in [0, 0.05) is 0 Å². The van der Waals surface area contributed by atoms with E-state index >= 15 is 0 Å². The predicted molar refractivity (Wildman–Crippen MR) is 68.6 cm³/mol. The molecule has 2 saturated carbocycles. The summed E-state index contributed by atoms with van der Waals surface area (Å²) >= 11 is 0. The Morgan fingerprint density at radius 3 is 2.00 bits per heavy atom. The van der Waals surface area contributed by atoms with Crippen molar-refractivity contribution in [2.24, 2.45) is 17.3 Å². The van der Waals surface area contributed by atoms with Crippen LogP contribution in [0, 0.1) is 17.3 Å². The van der Waals surface area contributed by atoms with Gasteiger partial charge in [0.2, 0.25) is 0 Å². The van der Waals surface area contributed by atoms with Crippen LogP contribution < -0.4 is 0 Å². The normalized spacial score (nSPS) is 33.2. The van der Waals surface area contributed by atoms with Gasteiger partial charge in [-0.3, -0.25) is 4.79 Å². The first kappa shape index (κ1) is 12.9. The van der Waals surface area contributed by atoms with Crippen molar-refractivity contribution in [1.82, 2.24) is 0 Å². The minimum absolute atomic E-state index is 0.0174. The standard InChI is InChI=1S/C15H26O2/c1-4-15(2,3)14(16)17-13-11-7-5-8-12(13)10-6-9-11/h11-13H,4-10H2,1-3H3. The van der Waals surface area contributed by atoms with E-state index < -0.39 is 0 Å². The molecule has 2 aliphatic rings. The van der Waals surface area contributed by atoms with Crippen molar-refractivity contribution >= 4 is 5.97 Å². The number of ether oxygens (including phenoxy) is 1. The smallest absolute Gasteiger partial charge is 0.311 e. The molecule has 0 aromatic rings. The number of carbonyl (C=O) groups excluding carboxylic acids is 1. The number of fused-ring (bicyclic) bond motifs is 2. The maximum atomic E-state index is 12.2. The molecule has 0 saturated heterocycles. The van der Waals surface area contributed by atoms with Gasteiger partial charge in [0.05, 0.1) is 5.41 Å². The molecule has 2 rings (SSSR count). The van der Waals surface area contributed by atoms with E-state index in [1.165, 1.54) is 38.5 Å². The first-order valence-electron chi connectivity index (χ1n) is 7.25. The number of esters is 1. The van der Waals surface area contributed by atoms with Crippen molar-refractivity contribution in [2.75, 3.05) is 0 Å². The van der Waals surface area contributed by atoms with Gasteiger partial charge in [-0.2, -0.15) is 0 Å². The second-order valence-electron chi connectivity index (χ2n) is 6.49. The highest BCUT2D eigenvalue weighted by molar-refractivity contribution is 5.76. The van der Waals surface area contributed by atoms with Crippen LogP contribution in [0.4, 0.5) is 0 Å². The van der Waals surface area contributed by atoms with Crippen LogP contribution in [0.3, 0.4) is 0 Å². The molecule has 0 heterocycles. The maximum Gasteiger partial charge on any atom is 0.311 e. The Bertz CT molecular complexity index is 261. The molecule has 0 unspecified atom stereocenters. The predicted octanol–water partition coefficient (Wildman–Crippen LogP) is 3.93. The van der Waals surface area contributed by atoms with E-state index in [4.69, 9.17) is 4.74 Å². The van der Waals surface area contributed by atoms with Crippen LogP contribution >= 0.6 is 0 Å². The molecule has 0 atom stereocenters. The molecule has 2 aliphatic carbocycles. The molecular weight excluding hydrogens is 212 g/mol. The minimum Gasteiger partial charge on any atom is -0.461 e. The van der Waals surface area contributed by atoms with Crippen LogP contribution in [0.2, 0.25) is 0 Å². The average molecular weight is 238 g/mol. The molecular formula is C15H26O2. The molecule has 2 fully saturated rings. The molecule has 2 heteroatoms. The largest absolute Gasteiger partial charge is 0.461 e. The zero-order valence-corrected chi connectivity index (χ0v) is 11.5. The van der Waals surface area contributed by atoms with Gasteiger partial charge in [-0.05, 0) is 57.8 Å². The van der Waals surface area contributed by atoms with Crippen LogP contribution in [0.5, 0.6) is 0 Å². The highest BCUT2D eigenvalue weighted by Gasteiger charge is 2.40. The Kier molecular flexibility index (Phi) is 3.79. The van der Waals surface area contributed by atoms with E-state index in [1.807, 2.05) is 13.8 Å². The highest BCUT2D eigenvalue weighted by Crippen LogP contribution is 2.42. The first-order valence-corrected chi connectivity index (χ1v) is 7.25. The zero-order valence-electron chi connectivity index (χ0n) is 11.5. The topological polar surface area (TPSA) is 26.3 Å². The first-order chi connectivity index (χ1) is 8.04. The number of carbonyl (C=O) groups is 1. The van der Waals surface area contributed by atoms with E-state index in [9.17, 15) is 4.79 Å². The Morgan fingerprint density at radius 1 is 1.12 bits per heavy atom. The van der Waals surface area contributed by atoms with Crippen LogP contribution in [0.1, 0.15) is 65.7 Å². The van der Waals surface area contributed by atoms with E-state index in [2.05, 4.69) is 6.92 Å². The molecule has 0 N–H and O–H groups in total. The van der Waals surface area contributed by atoms with E-state index in [1.54, 1.807) is 0 Å². The number of hydrogen-bond donors (Lipinski definition) is 0. The molecule has 0 aromatic heterocycles. The summed E-state index contributed by atoms with van der Waals surface area (Å²) in [4.78, 5) is 12.2. The fourth-order valence-electron chi connectivity index (χ4n) is 3.24. The monoisotopic (exact) mass is 238 g/mol. The van der Waals surface area contributed by atoms with Gasteiger partial charge >= 0.3 is 5.97 Å². The lowest BCUT2D eigenvalue weighted by Gasteiger charge is -2.42. The third-order valence-corrected chi connectivity index (χ3v) is 4.91. The lowest BCUT2D eigenvalue weighted by molar-refractivity contribution is -0.171. The SMILES string of the molecule is CCC(C)(C)C(=O)OC1C2CCCC1CCC2. The molecule has 2 nitrogen and oxygen atoms in total. The van der Waals surface area contributed by atoms with Crippen LogP contribution in [-0.4, -0.2) is 12.1 Å². The Balaban J connectivity index is 2.00. The minimum atomic E-state index is -0.314. The fourth-order valence-corrected chi connectivity index (χ4v) is 3.24. The average Bonchev–Trinajstić information content (AvgIpc) is 2.28. The summed E-state index contributed by atoms with van der Waals surface area (Å²) in [6.45, 7) is 6.05. The molecule has 0 aliphatic heterocycles.